The van der Waals surface area contributed by atoms with E-state index >= 15 is 0 Å². The summed E-state index contributed by atoms with van der Waals surface area (Å²) in [6, 6.07) is 4.02. The summed E-state index contributed by atoms with van der Waals surface area (Å²) in [5, 5.41) is 16.0. The van der Waals surface area contributed by atoms with E-state index in [9.17, 15) is 9.90 Å². The number of rotatable bonds is 6. The Hall–Kier alpha value is -0.990. The van der Waals surface area contributed by atoms with Crippen molar-refractivity contribution >= 4 is 17.2 Å². The molecule has 2 heterocycles. The molecule has 1 amide bonds. The summed E-state index contributed by atoms with van der Waals surface area (Å²) in [5.74, 6) is 0.331. The van der Waals surface area contributed by atoms with E-state index in [0.29, 0.717) is 32.1 Å². The summed E-state index contributed by atoms with van der Waals surface area (Å²) in [6.07, 6.45) is 3.31. The molecule has 7 atom stereocenters. The summed E-state index contributed by atoms with van der Waals surface area (Å²) < 4.78 is 17.5. The van der Waals surface area contributed by atoms with Crippen LogP contribution in [0.25, 0.3) is 0 Å². The molecule has 3 fully saturated rings. The first-order valence-corrected chi connectivity index (χ1v) is 12.0. The number of carbonyl (C=O) groups is 1. The number of nitrogens with one attached hydrogen (secondary N) is 1. The molecule has 1 saturated heterocycles. The number of methoxy groups -OCH3 is 1. The molecule has 2 saturated carbocycles. The molecule has 168 valence electrons. The number of aliphatic hydroxyl groups is 1. The van der Waals surface area contributed by atoms with E-state index in [1.165, 1.54) is 0 Å². The maximum Gasteiger partial charge on any atom is 0.220 e. The molecule has 0 radical (unpaired) electrons. The third-order valence-electron chi connectivity index (χ3n) is 7.98. The van der Waals surface area contributed by atoms with E-state index in [0.717, 1.165) is 30.6 Å². The number of thiophene rings is 1. The lowest BCUT2D eigenvalue weighted by atomic mass is 9.46. The number of fused-ring (bicyclic) bond motifs is 3. The summed E-state index contributed by atoms with van der Waals surface area (Å²) in [5.41, 5.74) is -0.215. The minimum absolute atomic E-state index is 0.0258. The fourth-order valence-corrected chi connectivity index (χ4v) is 7.03. The average molecular weight is 438 g/mol. The van der Waals surface area contributed by atoms with Gasteiger partial charge in [0, 0.05) is 23.8 Å². The van der Waals surface area contributed by atoms with Crippen LogP contribution in [-0.2, 0) is 25.5 Å². The Morgan fingerprint density at radius 2 is 2.17 bits per heavy atom. The second-order valence-corrected chi connectivity index (χ2v) is 10.8. The molecule has 3 aliphatic rings. The van der Waals surface area contributed by atoms with Crippen LogP contribution < -0.4 is 5.32 Å². The molecule has 0 spiro atoms. The molecule has 1 aromatic heterocycles. The third kappa shape index (κ3) is 4.07. The predicted molar refractivity (Wildman–Crippen MR) is 115 cm³/mol. The zero-order valence-corrected chi connectivity index (χ0v) is 19.1. The highest BCUT2D eigenvalue weighted by Gasteiger charge is 2.61. The van der Waals surface area contributed by atoms with Crippen molar-refractivity contribution in [1.82, 2.24) is 5.32 Å². The van der Waals surface area contributed by atoms with Crippen molar-refractivity contribution in [1.29, 1.82) is 0 Å². The maximum absolute atomic E-state index is 12.8. The molecule has 0 unspecified atom stereocenters. The van der Waals surface area contributed by atoms with Gasteiger partial charge in [0.25, 0.3) is 0 Å². The predicted octanol–water partition coefficient (Wildman–Crippen LogP) is 3.34. The van der Waals surface area contributed by atoms with Gasteiger partial charge in [0.15, 0.2) is 6.29 Å². The van der Waals surface area contributed by atoms with Gasteiger partial charge in [0.05, 0.1) is 32.0 Å². The number of hydrogen-bond donors (Lipinski definition) is 2. The van der Waals surface area contributed by atoms with Crippen molar-refractivity contribution in [2.45, 2.75) is 71.0 Å². The fraction of sp³-hybridized carbons (Fsp3) is 0.783. The lowest BCUT2D eigenvalue weighted by Gasteiger charge is -2.62. The van der Waals surface area contributed by atoms with Gasteiger partial charge in [-0.3, -0.25) is 4.79 Å². The van der Waals surface area contributed by atoms with Crippen LogP contribution in [0.3, 0.4) is 0 Å². The number of aliphatic hydroxyl groups excluding tert-OH is 1. The second-order valence-electron chi connectivity index (χ2n) is 9.73. The van der Waals surface area contributed by atoms with Crippen molar-refractivity contribution in [2.75, 3.05) is 20.3 Å². The zero-order chi connectivity index (χ0) is 21.4. The molecule has 2 N–H and O–H groups in total. The van der Waals surface area contributed by atoms with Crippen LogP contribution in [0.2, 0.25) is 0 Å². The Kier molecular flexibility index (Phi) is 6.56. The van der Waals surface area contributed by atoms with Crippen LogP contribution in [0, 0.1) is 22.7 Å². The van der Waals surface area contributed by atoms with Crippen LogP contribution >= 0.6 is 11.3 Å². The molecule has 2 aliphatic carbocycles. The van der Waals surface area contributed by atoms with Crippen molar-refractivity contribution in [3.05, 3.63) is 22.4 Å². The quantitative estimate of drug-likeness (QED) is 0.714. The van der Waals surface area contributed by atoms with Gasteiger partial charge >= 0.3 is 0 Å². The van der Waals surface area contributed by atoms with Gasteiger partial charge < -0.3 is 24.6 Å². The summed E-state index contributed by atoms with van der Waals surface area (Å²) >= 11 is 1.64. The van der Waals surface area contributed by atoms with E-state index in [1.807, 2.05) is 17.5 Å². The van der Waals surface area contributed by atoms with Crippen molar-refractivity contribution in [2.24, 2.45) is 22.7 Å². The second kappa shape index (κ2) is 8.87. The Morgan fingerprint density at radius 1 is 1.33 bits per heavy atom. The van der Waals surface area contributed by atoms with Gasteiger partial charge in [-0.05, 0) is 54.4 Å². The Morgan fingerprint density at radius 3 is 2.90 bits per heavy atom. The minimum atomic E-state index is -0.439. The highest BCUT2D eigenvalue weighted by molar-refractivity contribution is 7.09. The van der Waals surface area contributed by atoms with Crippen LogP contribution in [0.1, 0.15) is 50.8 Å². The Balaban J connectivity index is 1.46. The van der Waals surface area contributed by atoms with Crippen LogP contribution in [0.15, 0.2) is 17.5 Å². The monoisotopic (exact) mass is 437 g/mol. The molecule has 0 bridgehead atoms. The molecule has 6 nitrogen and oxygen atoms in total. The van der Waals surface area contributed by atoms with E-state index in [2.05, 4.69) is 19.2 Å². The zero-order valence-electron chi connectivity index (χ0n) is 18.3. The highest BCUT2D eigenvalue weighted by atomic mass is 32.1. The molecular weight excluding hydrogens is 402 g/mol. The van der Waals surface area contributed by atoms with E-state index in [1.54, 1.807) is 18.4 Å². The first-order valence-electron chi connectivity index (χ1n) is 11.1. The van der Waals surface area contributed by atoms with E-state index in [4.69, 9.17) is 14.2 Å². The lowest BCUT2D eigenvalue weighted by molar-refractivity contribution is -0.315. The third-order valence-corrected chi connectivity index (χ3v) is 8.86. The standard InChI is InChI=1S/C23H35NO5S/c1-22-9-8-19-23(2,14-28-21(29-19)13-27-3)18(22)7-6-17(25)16(22)11-20(26)24-12-15-5-4-10-30-15/h4-5,10,16-19,21,25H,6-9,11-14H2,1-3H3,(H,24,26)/t16-,17-,18+,19-,21-,22+,23+/m1/s1. The number of amides is 1. The number of carbonyl (C=O) groups excluding carboxylic acids is 1. The Labute approximate surface area is 183 Å². The van der Waals surface area contributed by atoms with Gasteiger partial charge in [-0.2, -0.15) is 0 Å². The normalized spacial score (nSPS) is 41.0. The summed E-state index contributed by atoms with van der Waals surface area (Å²) in [7, 11) is 1.66. The van der Waals surface area contributed by atoms with Gasteiger partial charge in [-0.15, -0.1) is 11.3 Å². The topological polar surface area (TPSA) is 77.0 Å². The first kappa shape index (κ1) is 22.2. The van der Waals surface area contributed by atoms with Crippen molar-refractivity contribution in [3.63, 3.8) is 0 Å². The largest absolute Gasteiger partial charge is 0.393 e. The van der Waals surface area contributed by atoms with Gasteiger partial charge in [-0.1, -0.05) is 19.9 Å². The van der Waals surface area contributed by atoms with Crippen LogP contribution in [0.5, 0.6) is 0 Å². The van der Waals surface area contributed by atoms with E-state index < -0.39 is 6.10 Å². The first-order chi connectivity index (χ1) is 14.4. The van der Waals surface area contributed by atoms with Gasteiger partial charge in [0.2, 0.25) is 5.91 Å². The molecular formula is C23H35NO5S. The SMILES string of the molecule is COC[C@@H]1OC[C@@]2(C)[C@H]3CC[C@@H](O)[C@@H](CC(=O)NCc4cccs4)[C@]3(C)CC[C@H]2O1. The molecule has 30 heavy (non-hydrogen) atoms. The summed E-state index contributed by atoms with van der Waals surface area (Å²) in [4.78, 5) is 13.9. The Bertz CT molecular complexity index is 727. The maximum atomic E-state index is 12.8. The fourth-order valence-electron chi connectivity index (χ4n) is 6.38. The molecule has 1 aromatic rings. The molecule has 1 aliphatic heterocycles. The van der Waals surface area contributed by atoms with Crippen molar-refractivity contribution in [3.8, 4) is 0 Å². The van der Waals surface area contributed by atoms with Gasteiger partial charge in [0.1, 0.15) is 0 Å². The smallest absolute Gasteiger partial charge is 0.220 e. The van der Waals surface area contributed by atoms with Gasteiger partial charge in [-0.25, -0.2) is 0 Å². The number of ether oxygens (including phenoxy) is 3. The van der Waals surface area contributed by atoms with Crippen molar-refractivity contribution < 1.29 is 24.1 Å². The molecule has 0 aromatic carbocycles. The highest BCUT2D eigenvalue weighted by Crippen LogP contribution is 2.62. The average Bonchev–Trinajstić information content (AvgIpc) is 3.23. The van der Waals surface area contributed by atoms with Crippen LogP contribution in [0.4, 0.5) is 0 Å². The lowest BCUT2D eigenvalue weighted by Crippen LogP contribution is -2.63. The molecule has 7 heteroatoms. The number of hydrogen-bond acceptors (Lipinski definition) is 6. The van der Waals surface area contributed by atoms with E-state index in [-0.39, 0.29) is 35.0 Å². The summed E-state index contributed by atoms with van der Waals surface area (Å²) in [6.45, 7) is 6.19. The van der Waals surface area contributed by atoms with Crippen LogP contribution in [-0.4, -0.2) is 49.8 Å². The minimum Gasteiger partial charge on any atom is -0.393 e. The molecule has 4 rings (SSSR count).